The van der Waals surface area contributed by atoms with Crippen molar-refractivity contribution in [3.05, 3.63) is 100.0 Å². The van der Waals surface area contributed by atoms with E-state index in [2.05, 4.69) is 32.4 Å². The molecule has 15 heteroatoms. The van der Waals surface area contributed by atoms with Gasteiger partial charge in [-0.1, -0.05) is 0 Å². The minimum atomic E-state index is -0.984. The molecule has 0 bridgehead atoms. The maximum atomic E-state index is 13.9. The van der Waals surface area contributed by atoms with Gasteiger partial charge in [0.2, 0.25) is 6.41 Å². The van der Waals surface area contributed by atoms with Gasteiger partial charge in [0.25, 0.3) is 5.56 Å². The summed E-state index contributed by atoms with van der Waals surface area (Å²) in [6, 6.07) is 10.3. The number of halogens is 3. The number of carbonyl (C=O) groups is 1. The van der Waals surface area contributed by atoms with Crippen LogP contribution < -0.4 is 20.9 Å². The zero-order chi connectivity index (χ0) is 32.2. The van der Waals surface area contributed by atoms with Gasteiger partial charge in [0, 0.05) is 38.5 Å². The van der Waals surface area contributed by atoms with Gasteiger partial charge in [-0.25, -0.2) is 18.7 Å². The van der Waals surface area contributed by atoms with Crippen LogP contribution in [0.4, 0.5) is 14.6 Å². The number of pyridine rings is 1. The van der Waals surface area contributed by atoms with Gasteiger partial charge in [0.1, 0.15) is 29.3 Å². The summed E-state index contributed by atoms with van der Waals surface area (Å²) in [5, 5.41) is 11.5. The van der Waals surface area contributed by atoms with Crippen LogP contribution in [0.3, 0.4) is 0 Å². The van der Waals surface area contributed by atoms with E-state index in [1.165, 1.54) is 21.5 Å². The maximum Gasteiger partial charge on any atom is 0.267 e. The molecule has 0 fully saturated rings. The van der Waals surface area contributed by atoms with Crippen LogP contribution in [0.5, 0.6) is 5.75 Å². The smallest absolute Gasteiger partial charge is 0.267 e. The van der Waals surface area contributed by atoms with Crippen LogP contribution >= 0.6 is 11.9 Å². The van der Waals surface area contributed by atoms with Gasteiger partial charge in [0.05, 0.1) is 33.7 Å². The lowest BCUT2D eigenvalue weighted by atomic mass is 10.0. The highest BCUT2D eigenvalue weighted by Crippen LogP contribution is 2.36. The number of rotatable bonds is 8. The van der Waals surface area contributed by atoms with Gasteiger partial charge < -0.3 is 15.3 Å². The number of fused-ring (bicyclic) bond motifs is 2. The Morgan fingerprint density at radius 1 is 1.13 bits per heavy atom. The van der Waals surface area contributed by atoms with E-state index in [0.29, 0.717) is 23.0 Å². The number of amides is 1. The van der Waals surface area contributed by atoms with E-state index in [-0.39, 0.29) is 40.4 Å². The molecular formula is C30H28ClF2N9O3. The molecule has 45 heavy (non-hydrogen) atoms. The first-order chi connectivity index (χ1) is 21.6. The number of nitrogens with one attached hydrogen (secondary N) is 1. The molecule has 0 radical (unpaired) electrons. The van der Waals surface area contributed by atoms with E-state index < -0.39 is 23.2 Å². The van der Waals surface area contributed by atoms with E-state index in [9.17, 15) is 18.4 Å². The zero-order valence-corrected chi connectivity index (χ0v) is 25.2. The monoisotopic (exact) mass is 635 g/mol. The summed E-state index contributed by atoms with van der Waals surface area (Å²) in [6.07, 6.45) is 3.79. The molecule has 232 valence electrons. The van der Waals surface area contributed by atoms with Gasteiger partial charge in [-0.2, -0.15) is 10.2 Å². The number of aryl methyl sites for hydroxylation is 3. The van der Waals surface area contributed by atoms with Gasteiger partial charge >= 0.3 is 0 Å². The molecule has 0 aliphatic heterocycles. The van der Waals surface area contributed by atoms with E-state index in [1.54, 1.807) is 25.2 Å². The Balaban J connectivity index is 0.000000436. The van der Waals surface area contributed by atoms with Crippen LogP contribution in [0.1, 0.15) is 30.0 Å². The molecule has 6 rings (SSSR count). The number of nitrogen functional groups attached to an aromatic ring is 1. The average Bonchev–Trinajstić information content (AvgIpc) is 3.58. The molecule has 6 aromatic rings. The molecule has 0 aliphatic rings. The molecule has 4 aromatic heterocycles. The number of hydrogen-bond donors (Lipinski definition) is 2. The zero-order valence-electron chi connectivity index (χ0n) is 24.4. The van der Waals surface area contributed by atoms with Crippen LogP contribution in [0.2, 0.25) is 0 Å². The molecule has 0 spiro atoms. The molecule has 1 atom stereocenters. The fraction of sp³-hybridized carbons (Fsp3) is 0.200. The van der Waals surface area contributed by atoms with E-state index in [1.807, 2.05) is 23.9 Å². The lowest BCUT2D eigenvalue weighted by Crippen LogP contribution is -2.32. The third-order valence-corrected chi connectivity index (χ3v) is 7.16. The van der Waals surface area contributed by atoms with Crippen molar-refractivity contribution in [1.82, 2.24) is 39.4 Å². The summed E-state index contributed by atoms with van der Waals surface area (Å²) in [7, 11) is 1.62. The van der Waals surface area contributed by atoms with Gasteiger partial charge in [0.15, 0.2) is 17.2 Å². The third-order valence-electron chi connectivity index (χ3n) is 6.99. The van der Waals surface area contributed by atoms with Crippen LogP contribution in [0.25, 0.3) is 27.6 Å². The SMILES string of the molecule is CCn1ccc(C)n1.Cn1nc(N)c2c(OCl)ccc(-n3c(C(Cc4cc(F)cc(F)c4)NC=O)nc4ncccc4c3=O)c21. The summed E-state index contributed by atoms with van der Waals surface area (Å²) in [5.41, 5.74) is 7.74. The molecule has 0 aliphatic carbocycles. The van der Waals surface area contributed by atoms with Gasteiger partial charge in [-0.3, -0.25) is 23.5 Å². The molecule has 1 unspecified atom stereocenters. The van der Waals surface area contributed by atoms with Crippen molar-refractivity contribution in [2.75, 3.05) is 5.73 Å². The highest BCUT2D eigenvalue weighted by molar-refractivity contribution is 6.11. The summed E-state index contributed by atoms with van der Waals surface area (Å²) < 4.78 is 37.4. The second kappa shape index (κ2) is 13.1. The van der Waals surface area contributed by atoms with E-state index >= 15 is 0 Å². The number of anilines is 1. The molecule has 3 N–H and O–H groups in total. The number of carbonyl (C=O) groups excluding carboxylic acids is 1. The maximum absolute atomic E-state index is 13.9. The lowest BCUT2D eigenvalue weighted by molar-refractivity contribution is -0.110. The van der Waals surface area contributed by atoms with Crippen molar-refractivity contribution < 1.29 is 17.9 Å². The topological polar surface area (TPSA) is 148 Å². The van der Waals surface area contributed by atoms with Crippen molar-refractivity contribution in [2.45, 2.75) is 32.9 Å². The minimum Gasteiger partial charge on any atom is -0.385 e. The molecular weight excluding hydrogens is 608 g/mol. The molecule has 12 nitrogen and oxygen atoms in total. The quantitative estimate of drug-likeness (QED) is 0.235. The lowest BCUT2D eigenvalue weighted by Gasteiger charge is -2.22. The fourth-order valence-corrected chi connectivity index (χ4v) is 5.18. The molecule has 0 saturated carbocycles. The first-order valence-electron chi connectivity index (χ1n) is 13.7. The summed E-state index contributed by atoms with van der Waals surface area (Å²) in [6.45, 7) is 5.03. The van der Waals surface area contributed by atoms with Crippen LogP contribution in [-0.4, -0.2) is 40.5 Å². The number of aromatic nitrogens is 7. The van der Waals surface area contributed by atoms with Gasteiger partial charge in [-0.15, -0.1) is 0 Å². The first-order valence-corrected chi connectivity index (χ1v) is 14.0. The van der Waals surface area contributed by atoms with Crippen molar-refractivity contribution in [3.8, 4) is 11.4 Å². The number of benzene rings is 2. The number of nitrogens with two attached hydrogens (primary N) is 1. The number of nitrogens with zero attached hydrogens (tertiary/aromatic N) is 7. The highest BCUT2D eigenvalue weighted by atomic mass is 35.5. The Labute approximate surface area is 260 Å². The summed E-state index contributed by atoms with van der Waals surface area (Å²) in [4.78, 5) is 34.2. The van der Waals surface area contributed by atoms with Crippen molar-refractivity contribution in [2.24, 2.45) is 7.05 Å². The van der Waals surface area contributed by atoms with Crippen LogP contribution in [-0.2, 0) is 24.8 Å². The molecule has 2 aromatic carbocycles. The van der Waals surface area contributed by atoms with Crippen molar-refractivity contribution in [3.63, 3.8) is 0 Å². The average molecular weight is 636 g/mol. The molecule has 1 amide bonds. The standard InChI is InChI=1S/C24H18ClF2N7O3.C6H10N2/c1-33-20-17(4-5-18(37-25)19(20)21(28)32-33)34-23(31-22-15(24(34)36)3-2-6-29-22)16(30-11-35)9-12-7-13(26)10-14(27)8-12;1-3-8-5-4-6(2)7-8/h2-8,10-11,16H,9H2,1H3,(H2,28,32)(H,30,35);4-5H,3H2,1-2H3. The largest absolute Gasteiger partial charge is 0.385 e. The minimum absolute atomic E-state index is 0.0635. The predicted octanol–water partition coefficient (Wildman–Crippen LogP) is 4.30. The molecule has 4 heterocycles. The Bertz CT molecular complexity index is 2060. The Morgan fingerprint density at radius 2 is 1.89 bits per heavy atom. The highest BCUT2D eigenvalue weighted by Gasteiger charge is 2.26. The van der Waals surface area contributed by atoms with Crippen LogP contribution in [0.15, 0.2) is 65.7 Å². The Morgan fingerprint density at radius 3 is 2.51 bits per heavy atom. The number of hydrogen-bond acceptors (Lipinski definition) is 8. The first kappa shape index (κ1) is 31.1. The summed E-state index contributed by atoms with van der Waals surface area (Å²) in [5.74, 6) is -1.18. The van der Waals surface area contributed by atoms with Crippen molar-refractivity contribution >= 4 is 46.0 Å². The predicted molar refractivity (Wildman–Crippen MR) is 165 cm³/mol. The fourth-order valence-electron chi connectivity index (χ4n) is 5.06. The Kier molecular flexibility index (Phi) is 9.04. The second-order valence-electron chi connectivity index (χ2n) is 10.0. The Hall–Kier alpha value is -5.37. The molecule has 0 saturated heterocycles. The normalized spacial score (nSPS) is 11.7. The van der Waals surface area contributed by atoms with Crippen molar-refractivity contribution in [1.29, 1.82) is 0 Å². The summed E-state index contributed by atoms with van der Waals surface area (Å²) >= 11 is 5.64. The second-order valence-corrected chi connectivity index (χ2v) is 10.2. The van der Waals surface area contributed by atoms with Crippen LogP contribution in [0, 0.1) is 18.6 Å². The third kappa shape index (κ3) is 6.31. The van der Waals surface area contributed by atoms with E-state index in [0.717, 1.165) is 30.4 Å². The van der Waals surface area contributed by atoms with Gasteiger partial charge in [-0.05, 0) is 61.9 Å². The van der Waals surface area contributed by atoms with E-state index in [4.69, 9.17) is 21.9 Å².